The maximum atomic E-state index is 11.7. The molecular formula is C14H19NO2. The SMILES string of the molecule is CC(C)COc1ccc(C(=O)NC2CC2)cc1. The maximum absolute atomic E-state index is 11.7. The van der Waals surface area contributed by atoms with Gasteiger partial charge in [-0.05, 0) is 43.0 Å². The number of amides is 1. The van der Waals surface area contributed by atoms with Crippen LogP contribution in [0, 0.1) is 5.92 Å². The van der Waals surface area contributed by atoms with E-state index in [1.54, 1.807) is 0 Å². The lowest BCUT2D eigenvalue weighted by atomic mass is 10.2. The molecule has 0 aromatic heterocycles. The van der Waals surface area contributed by atoms with Crippen molar-refractivity contribution < 1.29 is 9.53 Å². The van der Waals surface area contributed by atoms with Crippen LogP contribution in [-0.4, -0.2) is 18.6 Å². The van der Waals surface area contributed by atoms with E-state index in [2.05, 4.69) is 19.2 Å². The van der Waals surface area contributed by atoms with E-state index in [4.69, 9.17) is 4.74 Å². The standard InChI is InChI=1S/C14H19NO2/c1-10(2)9-17-13-7-3-11(4-8-13)14(16)15-12-5-6-12/h3-4,7-8,10,12H,5-6,9H2,1-2H3,(H,15,16). The van der Waals surface area contributed by atoms with Gasteiger partial charge in [0, 0.05) is 11.6 Å². The molecule has 0 radical (unpaired) electrons. The highest BCUT2D eigenvalue weighted by Gasteiger charge is 2.23. The van der Waals surface area contributed by atoms with E-state index in [0.717, 1.165) is 18.6 Å². The number of nitrogens with one attached hydrogen (secondary N) is 1. The van der Waals surface area contributed by atoms with E-state index < -0.39 is 0 Å². The van der Waals surface area contributed by atoms with Crippen molar-refractivity contribution in [3.05, 3.63) is 29.8 Å². The van der Waals surface area contributed by atoms with Crippen LogP contribution in [0.15, 0.2) is 24.3 Å². The van der Waals surface area contributed by atoms with Crippen molar-refractivity contribution >= 4 is 5.91 Å². The van der Waals surface area contributed by atoms with Gasteiger partial charge in [-0.1, -0.05) is 13.8 Å². The number of hydrogen-bond donors (Lipinski definition) is 1. The van der Waals surface area contributed by atoms with Crippen LogP contribution >= 0.6 is 0 Å². The first kappa shape index (κ1) is 12.0. The molecule has 1 fully saturated rings. The van der Waals surface area contributed by atoms with Crippen LogP contribution in [0.1, 0.15) is 37.0 Å². The zero-order chi connectivity index (χ0) is 12.3. The van der Waals surface area contributed by atoms with Crippen molar-refractivity contribution in [3.8, 4) is 5.75 Å². The Bertz CT molecular complexity index is 380. The Morgan fingerprint density at radius 3 is 2.53 bits per heavy atom. The summed E-state index contributed by atoms with van der Waals surface area (Å²) in [6.45, 7) is 4.92. The number of carbonyl (C=O) groups is 1. The molecule has 0 aliphatic heterocycles. The van der Waals surface area contributed by atoms with Gasteiger partial charge in [-0.15, -0.1) is 0 Å². The number of carbonyl (C=O) groups excluding carboxylic acids is 1. The predicted molar refractivity (Wildman–Crippen MR) is 67.3 cm³/mol. The van der Waals surface area contributed by atoms with Gasteiger partial charge in [0.1, 0.15) is 5.75 Å². The Morgan fingerprint density at radius 1 is 1.35 bits per heavy atom. The molecular weight excluding hydrogens is 214 g/mol. The van der Waals surface area contributed by atoms with Gasteiger partial charge in [0.25, 0.3) is 5.91 Å². The summed E-state index contributed by atoms with van der Waals surface area (Å²) in [5.74, 6) is 1.34. The number of ether oxygens (including phenoxy) is 1. The fourth-order valence-corrected chi connectivity index (χ4v) is 1.46. The minimum atomic E-state index is 0.0166. The van der Waals surface area contributed by atoms with E-state index in [0.29, 0.717) is 24.1 Å². The second kappa shape index (κ2) is 5.21. The molecule has 3 heteroatoms. The van der Waals surface area contributed by atoms with Gasteiger partial charge >= 0.3 is 0 Å². The Balaban J connectivity index is 1.89. The smallest absolute Gasteiger partial charge is 0.251 e. The third kappa shape index (κ3) is 3.77. The molecule has 1 aromatic rings. The molecule has 0 saturated heterocycles. The molecule has 92 valence electrons. The summed E-state index contributed by atoms with van der Waals surface area (Å²) in [7, 11) is 0. The Kier molecular flexibility index (Phi) is 3.67. The largest absolute Gasteiger partial charge is 0.493 e. The van der Waals surface area contributed by atoms with Gasteiger partial charge in [0.2, 0.25) is 0 Å². The quantitative estimate of drug-likeness (QED) is 0.849. The number of rotatable bonds is 5. The number of hydrogen-bond acceptors (Lipinski definition) is 2. The Morgan fingerprint density at radius 2 is 2.00 bits per heavy atom. The first-order valence-electron chi connectivity index (χ1n) is 6.19. The third-order valence-corrected chi connectivity index (χ3v) is 2.61. The minimum Gasteiger partial charge on any atom is -0.493 e. The van der Waals surface area contributed by atoms with Crippen LogP contribution in [0.5, 0.6) is 5.75 Å². The first-order chi connectivity index (χ1) is 8.15. The lowest BCUT2D eigenvalue weighted by Crippen LogP contribution is -2.25. The second-order valence-electron chi connectivity index (χ2n) is 4.98. The summed E-state index contributed by atoms with van der Waals surface area (Å²) in [6, 6.07) is 7.73. The fourth-order valence-electron chi connectivity index (χ4n) is 1.46. The highest BCUT2D eigenvalue weighted by Crippen LogP contribution is 2.20. The van der Waals surface area contributed by atoms with Gasteiger partial charge in [-0.2, -0.15) is 0 Å². The first-order valence-corrected chi connectivity index (χ1v) is 6.19. The Hall–Kier alpha value is -1.51. The number of benzene rings is 1. The van der Waals surface area contributed by atoms with Gasteiger partial charge in [-0.3, -0.25) is 4.79 Å². The zero-order valence-corrected chi connectivity index (χ0v) is 10.4. The summed E-state index contributed by atoms with van der Waals surface area (Å²) >= 11 is 0. The second-order valence-corrected chi connectivity index (χ2v) is 4.98. The highest BCUT2D eigenvalue weighted by molar-refractivity contribution is 5.94. The molecule has 1 aromatic carbocycles. The van der Waals surface area contributed by atoms with Crippen LogP contribution < -0.4 is 10.1 Å². The fraction of sp³-hybridized carbons (Fsp3) is 0.500. The molecule has 1 saturated carbocycles. The molecule has 1 N–H and O–H groups in total. The molecule has 1 aliphatic carbocycles. The summed E-state index contributed by atoms with van der Waals surface area (Å²) in [5.41, 5.74) is 0.703. The average molecular weight is 233 g/mol. The monoisotopic (exact) mass is 233 g/mol. The Labute approximate surface area is 102 Å². The van der Waals surface area contributed by atoms with E-state index in [9.17, 15) is 4.79 Å². The van der Waals surface area contributed by atoms with E-state index in [1.807, 2.05) is 24.3 Å². The van der Waals surface area contributed by atoms with Crippen molar-refractivity contribution in [2.45, 2.75) is 32.7 Å². The average Bonchev–Trinajstić information content (AvgIpc) is 3.11. The van der Waals surface area contributed by atoms with Crippen molar-refractivity contribution in [3.63, 3.8) is 0 Å². The van der Waals surface area contributed by atoms with Crippen LogP contribution in [0.2, 0.25) is 0 Å². The van der Waals surface area contributed by atoms with Crippen LogP contribution in [0.3, 0.4) is 0 Å². The van der Waals surface area contributed by atoms with Crippen molar-refractivity contribution in [2.24, 2.45) is 5.92 Å². The lowest BCUT2D eigenvalue weighted by Gasteiger charge is -2.09. The van der Waals surface area contributed by atoms with Gasteiger partial charge in [0.15, 0.2) is 0 Å². The molecule has 0 bridgehead atoms. The van der Waals surface area contributed by atoms with Gasteiger partial charge < -0.3 is 10.1 Å². The van der Waals surface area contributed by atoms with Gasteiger partial charge in [0.05, 0.1) is 6.61 Å². The molecule has 0 heterocycles. The molecule has 0 spiro atoms. The van der Waals surface area contributed by atoms with Crippen molar-refractivity contribution in [1.29, 1.82) is 0 Å². The van der Waals surface area contributed by atoms with E-state index in [1.165, 1.54) is 0 Å². The maximum Gasteiger partial charge on any atom is 0.251 e. The summed E-state index contributed by atoms with van der Waals surface area (Å²) in [6.07, 6.45) is 2.22. The zero-order valence-electron chi connectivity index (χ0n) is 10.4. The molecule has 17 heavy (non-hydrogen) atoms. The summed E-state index contributed by atoms with van der Waals surface area (Å²) < 4.78 is 5.56. The van der Waals surface area contributed by atoms with Crippen LogP contribution in [0.4, 0.5) is 0 Å². The van der Waals surface area contributed by atoms with Crippen molar-refractivity contribution in [2.75, 3.05) is 6.61 Å². The topological polar surface area (TPSA) is 38.3 Å². The van der Waals surface area contributed by atoms with E-state index >= 15 is 0 Å². The molecule has 0 atom stereocenters. The molecule has 0 unspecified atom stereocenters. The van der Waals surface area contributed by atoms with Crippen LogP contribution in [0.25, 0.3) is 0 Å². The molecule has 3 nitrogen and oxygen atoms in total. The molecule has 1 amide bonds. The van der Waals surface area contributed by atoms with E-state index in [-0.39, 0.29) is 5.91 Å². The third-order valence-electron chi connectivity index (χ3n) is 2.61. The molecule has 1 aliphatic rings. The normalized spacial score (nSPS) is 14.8. The highest BCUT2D eigenvalue weighted by atomic mass is 16.5. The summed E-state index contributed by atoms with van der Waals surface area (Å²) in [5, 5.41) is 2.96. The van der Waals surface area contributed by atoms with Crippen molar-refractivity contribution in [1.82, 2.24) is 5.32 Å². The lowest BCUT2D eigenvalue weighted by molar-refractivity contribution is 0.0951. The molecule has 2 rings (SSSR count). The minimum absolute atomic E-state index is 0.0166. The van der Waals surface area contributed by atoms with Gasteiger partial charge in [-0.25, -0.2) is 0 Å². The van der Waals surface area contributed by atoms with Crippen LogP contribution in [-0.2, 0) is 0 Å². The predicted octanol–water partition coefficient (Wildman–Crippen LogP) is 2.61. The summed E-state index contributed by atoms with van der Waals surface area (Å²) in [4.78, 5) is 11.7.